The maximum absolute atomic E-state index is 8.17. The number of nitrogens with one attached hydrogen (secondary N) is 1. The molecule has 3 aromatic rings. The Balaban J connectivity index is 2.67. The first-order chi connectivity index (χ1) is 7.77. The molecule has 3 nitrogen and oxygen atoms in total. The van der Waals surface area contributed by atoms with Gasteiger partial charge in [0.1, 0.15) is 11.1 Å². The summed E-state index contributed by atoms with van der Waals surface area (Å²) in [6.45, 7) is 0. The number of pyridine rings is 1. The normalized spacial score (nSPS) is 11.1. The summed E-state index contributed by atoms with van der Waals surface area (Å²) in [5, 5.41) is 9.01. The van der Waals surface area contributed by atoms with E-state index >= 15 is 0 Å². The molecule has 0 aliphatic carbocycles. The highest BCUT2D eigenvalue weighted by molar-refractivity contribution is 9.10. The monoisotopic (exact) mass is 273 g/mol. The molecule has 1 N–H and O–H groups in total. The first kappa shape index (κ1) is 9.54. The lowest BCUT2D eigenvalue weighted by molar-refractivity contribution is 1.00. The summed E-state index contributed by atoms with van der Waals surface area (Å²) < 4.78 is 2.67. The Hall–Kier alpha value is -1.68. The van der Waals surface area contributed by atoms with Gasteiger partial charge in [0, 0.05) is 10.7 Å². The number of hydrogen-bond donors (Lipinski definition) is 1. The Kier molecular flexibility index (Phi) is 2.04. The Labute approximate surface area is 100 Å². The highest BCUT2D eigenvalue weighted by atomic mass is 79.9. The van der Waals surface area contributed by atoms with E-state index in [0.29, 0.717) is 5.49 Å². The summed E-state index contributed by atoms with van der Waals surface area (Å²) in [7, 11) is 0. The molecule has 3 rings (SSSR count). The minimum atomic E-state index is 0.452. The van der Waals surface area contributed by atoms with E-state index in [0.717, 1.165) is 21.0 Å². The van der Waals surface area contributed by atoms with Crippen LogP contribution in [-0.2, 0) is 0 Å². The number of fused-ring (bicyclic) bond motifs is 2. The molecule has 4 heteroatoms. The van der Waals surface area contributed by atoms with Crippen molar-refractivity contribution < 1.29 is 0 Å². The highest BCUT2D eigenvalue weighted by Crippen LogP contribution is 2.19. The fourth-order valence-electron chi connectivity index (χ4n) is 1.80. The van der Waals surface area contributed by atoms with Gasteiger partial charge in [0.15, 0.2) is 0 Å². The topological polar surface area (TPSA) is 41.2 Å². The summed E-state index contributed by atoms with van der Waals surface area (Å²) in [4.78, 5) is 4.51. The standard InChI is InChI=1S/C12H8BrN3/c13-8-4-3-5-9-11(8)12(14)16-7-2-1-6-10(16)15-9/h1-7,14H. The smallest absolute Gasteiger partial charge is 0.141 e. The lowest BCUT2D eigenvalue weighted by Gasteiger charge is -2.05. The molecule has 0 aliphatic heterocycles. The minimum absolute atomic E-state index is 0.452. The van der Waals surface area contributed by atoms with E-state index in [4.69, 9.17) is 5.41 Å². The molecule has 78 valence electrons. The van der Waals surface area contributed by atoms with E-state index in [1.54, 1.807) is 4.40 Å². The van der Waals surface area contributed by atoms with Gasteiger partial charge in [0.05, 0.1) is 10.9 Å². The lowest BCUT2D eigenvalue weighted by atomic mass is 10.2. The maximum atomic E-state index is 8.17. The molecule has 0 amide bonds. The van der Waals surface area contributed by atoms with Crippen molar-refractivity contribution >= 4 is 32.5 Å². The predicted octanol–water partition coefficient (Wildman–Crippen LogP) is 2.73. The molecular formula is C12H8BrN3. The van der Waals surface area contributed by atoms with Crippen molar-refractivity contribution in [1.29, 1.82) is 5.41 Å². The van der Waals surface area contributed by atoms with Gasteiger partial charge in [-0.05, 0) is 40.2 Å². The molecule has 2 aromatic heterocycles. The molecule has 0 fully saturated rings. The largest absolute Gasteiger partial charge is 0.286 e. The van der Waals surface area contributed by atoms with E-state index in [2.05, 4.69) is 20.9 Å². The van der Waals surface area contributed by atoms with E-state index in [-0.39, 0.29) is 0 Å². The average molecular weight is 274 g/mol. The van der Waals surface area contributed by atoms with Crippen molar-refractivity contribution in [2.75, 3.05) is 0 Å². The summed E-state index contributed by atoms with van der Waals surface area (Å²) in [6, 6.07) is 11.5. The average Bonchev–Trinajstić information content (AvgIpc) is 2.29. The molecule has 0 unspecified atom stereocenters. The molecule has 0 radical (unpaired) electrons. The number of nitrogens with zero attached hydrogens (tertiary/aromatic N) is 2. The van der Waals surface area contributed by atoms with Crippen molar-refractivity contribution in [3.05, 3.63) is 52.6 Å². The fourth-order valence-corrected chi connectivity index (χ4v) is 2.34. The van der Waals surface area contributed by atoms with Crippen LogP contribution in [0.15, 0.2) is 47.1 Å². The molecule has 0 spiro atoms. The van der Waals surface area contributed by atoms with Crippen LogP contribution in [0.2, 0.25) is 0 Å². The number of aromatic nitrogens is 2. The van der Waals surface area contributed by atoms with Gasteiger partial charge in [0.2, 0.25) is 0 Å². The quantitative estimate of drug-likeness (QED) is 0.629. The van der Waals surface area contributed by atoms with Crippen LogP contribution in [0.5, 0.6) is 0 Å². The Morgan fingerprint density at radius 3 is 2.88 bits per heavy atom. The lowest BCUT2D eigenvalue weighted by Crippen LogP contribution is -2.15. The van der Waals surface area contributed by atoms with E-state index in [9.17, 15) is 0 Å². The van der Waals surface area contributed by atoms with Crippen LogP contribution in [0.4, 0.5) is 0 Å². The SMILES string of the molecule is N=c1c2c(Br)cccc2nc2ccccn12. The predicted molar refractivity (Wildman–Crippen MR) is 66.3 cm³/mol. The number of halogens is 1. The van der Waals surface area contributed by atoms with Crippen LogP contribution in [0.1, 0.15) is 0 Å². The second-order valence-electron chi connectivity index (χ2n) is 3.52. The van der Waals surface area contributed by atoms with Crippen LogP contribution >= 0.6 is 15.9 Å². The zero-order valence-corrected chi connectivity index (χ0v) is 9.90. The zero-order chi connectivity index (χ0) is 11.1. The molecular weight excluding hydrogens is 266 g/mol. The third kappa shape index (κ3) is 1.27. The first-order valence-corrected chi connectivity index (χ1v) is 5.67. The van der Waals surface area contributed by atoms with E-state index in [1.807, 2.05) is 42.6 Å². The van der Waals surface area contributed by atoms with Crippen molar-refractivity contribution in [3.8, 4) is 0 Å². The van der Waals surface area contributed by atoms with Gasteiger partial charge < -0.3 is 0 Å². The molecule has 0 atom stereocenters. The maximum Gasteiger partial charge on any atom is 0.141 e. The third-order valence-corrected chi connectivity index (χ3v) is 3.20. The van der Waals surface area contributed by atoms with E-state index in [1.165, 1.54) is 0 Å². The Morgan fingerprint density at radius 2 is 2.00 bits per heavy atom. The van der Waals surface area contributed by atoms with Crippen molar-refractivity contribution in [2.24, 2.45) is 0 Å². The first-order valence-electron chi connectivity index (χ1n) is 4.87. The molecule has 0 bridgehead atoms. The van der Waals surface area contributed by atoms with Gasteiger partial charge >= 0.3 is 0 Å². The zero-order valence-electron chi connectivity index (χ0n) is 8.31. The van der Waals surface area contributed by atoms with Gasteiger partial charge in [-0.25, -0.2) is 4.98 Å². The summed E-state index contributed by atoms with van der Waals surface area (Å²) in [6.07, 6.45) is 1.85. The summed E-state index contributed by atoms with van der Waals surface area (Å²) in [5.74, 6) is 0. The Bertz CT molecular complexity index is 746. The van der Waals surface area contributed by atoms with Gasteiger partial charge in [-0.2, -0.15) is 0 Å². The highest BCUT2D eigenvalue weighted by Gasteiger charge is 2.04. The second-order valence-corrected chi connectivity index (χ2v) is 4.38. The van der Waals surface area contributed by atoms with Crippen LogP contribution in [0, 0.1) is 5.41 Å². The number of rotatable bonds is 0. The van der Waals surface area contributed by atoms with Crippen molar-refractivity contribution in [2.45, 2.75) is 0 Å². The van der Waals surface area contributed by atoms with Crippen LogP contribution < -0.4 is 5.49 Å². The van der Waals surface area contributed by atoms with Crippen LogP contribution in [0.25, 0.3) is 16.6 Å². The van der Waals surface area contributed by atoms with Gasteiger partial charge in [-0.3, -0.25) is 9.81 Å². The molecule has 2 heterocycles. The molecule has 0 saturated heterocycles. The molecule has 1 aromatic carbocycles. The number of hydrogen-bond acceptors (Lipinski definition) is 2. The minimum Gasteiger partial charge on any atom is -0.286 e. The van der Waals surface area contributed by atoms with E-state index < -0.39 is 0 Å². The molecule has 16 heavy (non-hydrogen) atoms. The molecule has 0 saturated carbocycles. The van der Waals surface area contributed by atoms with Crippen molar-refractivity contribution in [3.63, 3.8) is 0 Å². The summed E-state index contributed by atoms with van der Waals surface area (Å²) >= 11 is 3.46. The fraction of sp³-hybridized carbons (Fsp3) is 0. The van der Waals surface area contributed by atoms with Crippen molar-refractivity contribution in [1.82, 2.24) is 9.38 Å². The second kappa shape index (κ2) is 3.42. The Morgan fingerprint density at radius 1 is 1.12 bits per heavy atom. The van der Waals surface area contributed by atoms with Gasteiger partial charge in [-0.15, -0.1) is 0 Å². The van der Waals surface area contributed by atoms with Crippen LogP contribution in [-0.4, -0.2) is 9.38 Å². The molecule has 0 aliphatic rings. The van der Waals surface area contributed by atoms with Gasteiger partial charge in [-0.1, -0.05) is 12.1 Å². The van der Waals surface area contributed by atoms with Gasteiger partial charge in [0.25, 0.3) is 0 Å². The number of benzene rings is 1. The summed E-state index contributed by atoms with van der Waals surface area (Å²) in [5.41, 5.74) is 2.08. The third-order valence-electron chi connectivity index (χ3n) is 2.54. The van der Waals surface area contributed by atoms with Crippen LogP contribution in [0.3, 0.4) is 0 Å².